The van der Waals surface area contributed by atoms with Crippen LogP contribution in [-0.2, 0) is 11.3 Å². The van der Waals surface area contributed by atoms with Crippen LogP contribution in [0.2, 0.25) is 0 Å². The fourth-order valence-electron chi connectivity index (χ4n) is 2.43. The summed E-state index contributed by atoms with van der Waals surface area (Å²) in [5.41, 5.74) is 1.45. The molecule has 2 amide bonds. The van der Waals surface area contributed by atoms with Crippen molar-refractivity contribution in [2.75, 3.05) is 13.6 Å². The van der Waals surface area contributed by atoms with Crippen LogP contribution >= 0.6 is 0 Å². The van der Waals surface area contributed by atoms with Gasteiger partial charge in [-0.25, -0.2) is 0 Å². The minimum absolute atomic E-state index is 0.177. The van der Waals surface area contributed by atoms with Crippen LogP contribution < -0.4 is 5.32 Å². The summed E-state index contributed by atoms with van der Waals surface area (Å²) in [5.74, 6) is -0.292. The number of hydrogen-bond donors (Lipinski definition) is 1. The smallest absolute Gasteiger partial charge is 0.292 e. The van der Waals surface area contributed by atoms with Gasteiger partial charge in [0.15, 0.2) is 0 Å². The van der Waals surface area contributed by atoms with Gasteiger partial charge in [-0.3, -0.25) is 14.3 Å². The highest BCUT2D eigenvalue weighted by atomic mass is 16.5. The molecular formula is C13H15N5O3. The van der Waals surface area contributed by atoms with Crippen molar-refractivity contribution in [1.82, 2.24) is 25.2 Å². The number of nitrogens with zero attached hydrogens (tertiary/aromatic N) is 4. The molecule has 1 unspecified atom stereocenters. The predicted molar refractivity (Wildman–Crippen MR) is 71.3 cm³/mol. The third-order valence-corrected chi connectivity index (χ3v) is 3.47. The molecule has 0 spiro atoms. The van der Waals surface area contributed by atoms with Crippen LogP contribution in [0.25, 0.3) is 0 Å². The number of carbonyl (C=O) groups excluding carboxylic acids is 2. The number of likely N-dealkylation sites (N-methyl/N-ethyl adjacent to an activating group) is 1. The highest BCUT2D eigenvalue weighted by Crippen LogP contribution is 2.22. The van der Waals surface area contributed by atoms with E-state index in [0.717, 1.165) is 5.69 Å². The van der Waals surface area contributed by atoms with Crippen molar-refractivity contribution in [2.24, 2.45) is 0 Å². The molecule has 1 atom stereocenters. The van der Waals surface area contributed by atoms with Gasteiger partial charge >= 0.3 is 0 Å². The second-order valence-corrected chi connectivity index (χ2v) is 4.92. The predicted octanol–water partition coefficient (Wildman–Crippen LogP) is 0.123. The van der Waals surface area contributed by atoms with Crippen molar-refractivity contribution in [2.45, 2.75) is 19.5 Å². The fraction of sp³-hybridized carbons (Fsp3) is 0.385. The molecule has 0 aliphatic carbocycles. The standard InChI is InChI=1S/C13H15N5O3/c1-8-5-11(21-16-8)13(20)17-6-9-3-4-15-18(9)10(7-17)12(19)14-2/h3-5,10H,6-7H2,1-2H3,(H,14,19). The third kappa shape index (κ3) is 2.28. The first-order valence-corrected chi connectivity index (χ1v) is 6.56. The Morgan fingerprint density at radius 2 is 2.29 bits per heavy atom. The summed E-state index contributed by atoms with van der Waals surface area (Å²) < 4.78 is 6.65. The van der Waals surface area contributed by atoms with Crippen LogP contribution in [0.5, 0.6) is 0 Å². The fourth-order valence-corrected chi connectivity index (χ4v) is 2.43. The average molecular weight is 289 g/mol. The maximum Gasteiger partial charge on any atom is 0.292 e. The number of aryl methyl sites for hydroxylation is 1. The highest BCUT2D eigenvalue weighted by Gasteiger charge is 2.34. The van der Waals surface area contributed by atoms with Crippen molar-refractivity contribution in [3.63, 3.8) is 0 Å². The van der Waals surface area contributed by atoms with Crippen molar-refractivity contribution in [3.8, 4) is 0 Å². The molecule has 0 aromatic carbocycles. The lowest BCUT2D eigenvalue weighted by Crippen LogP contribution is -2.46. The third-order valence-electron chi connectivity index (χ3n) is 3.47. The van der Waals surface area contributed by atoms with Gasteiger partial charge in [-0.05, 0) is 13.0 Å². The van der Waals surface area contributed by atoms with Gasteiger partial charge in [0.05, 0.1) is 24.5 Å². The van der Waals surface area contributed by atoms with Gasteiger partial charge in [0, 0.05) is 19.3 Å². The van der Waals surface area contributed by atoms with Gasteiger partial charge in [0.2, 0.25) is 11.7 Å². The summed E-state index contributed by atoms with van der Waals surface area (Å²) in [5, 5.41) is 10.5. The molecule has 8 heteroatoms. The normalized spacial score (nSPS) is 17.4. The molecule has 0 saturated heterocycles. The zero-order chi connectivity index (χ0) is 15.0. The zero-order valence-electron chi connectivity index (χ0n) is 11.7. The largest absolute Gasteiger partial charge is 0.357 e. The molecule has 0 saturated carbocycles. The van der Waals surface area contributed by atoms with Crippen molar-refractivity contribution < 1.29 is 14.1 Å². The van der Waals surface area contributed by atoms with E-state index in [4.69, 9.17) is 4.52 Å². The number of fused-ring (bicyclic) bond motifs is 1. The van der Waals surface area contributed by atoms with Crippen LogP contribution in [0, 0.1) is 6.92 Å². The number of aromatic nitrogens is 3. The van der Waals surface area contributed by atoms with Gasteiger partial charge < -0.3 is 14.7 Å². The van der Waals surface area contributed by atoms with Crippen LogP contribution in [-0.4, -0.2) is 45.2 Å². The summed E-state index contributed by atoms with van der Waals surface area (Å²) in [6.45, 7) is 2.37. The molecule has 1 aliphatic heterocycles. The Hall–Kier alpha value is -2.64. The van der Waals surface area contributed by atoms with Gasteiger partial charge in [-0.2, -0.15) is 5.10 Å². The van der Waals surface area contributed by atoms with E-state index in [1.807, 2.05) is 0 Å². The number of rotatable bonds is 2. The first-order valence-electron chi connectivity index (χ1n) is 6.56. The van der Waals surface area contributed by atoms with Gasteiger partial charge in [-0.1, -0.05) is 5.16 Å². The molecule has 8 nitrogen and oxygen atoms in total. The molecule has 3 heterocycles. The molecule has 21 heavy (non-hydrogen) atoms. The Labute approximate surface area is 120 Å². The maximum atomic E-state index is 12.4. The van der Waals surface area contributed by atoms with E-state index in [1.165, 1.54) is 0 Å². The van der Waals surface area contributed by atoms with Gasteiger partial charge in [0.1, 0.15) is 6.04 Å². The highest BCUT2D eigenvalue weighted by molar-refractivity contribution is 5.92. The second-order valence-electron chi connectivity index (χ2n) is 4.92. The van der Waals surface area contributed by atoms with E-state index >= 15 is 0 Å². The number of amides is 2. The Morgan fingerprint density at radius 1 is 1.48 bits per heavy atom. The van der Waals surface area contributed by atoms with E-state index < -0.39 is 6.04 Å². The first kappa shape index (κ1) is 13.3. The van der Waals surface area contributed by atoms with Crippen molar-refractivity contribution in [3.05, 3.63) is 35.5 Å². The summed E-state index contributed by atoms with van der Waals surface area (Å²) in [6.07, 6.45) is 1.62. The Morgan fingerprint density at radius 3 is 2.95 bits per heavy atom. The van der Waals surface area contributed by atoms with Gasteiger partial charge in [0.25, 0.3) is 5.91 Å². The second kappa shape index (κ2) is 5.04. The topological polar surface area (TPSA) is 93.3 Å². The molecule has 0 fully saturated rings. The number of hydrogen-bond acceptors (Lipinski definition) is 5. The summed E-state index contributed by atoms with van der Waals surface area (Å²) in [7, 11) is 1.56. The number of carbonyl (C=O) groups is 2. The molecule has 3 rings (SSSR count). The quantitative estimate of drug-likeness (QED) is 0.847. The lowest BCUT2D eigenvalue weighted by molar-refractivity contribution is -0.125. The van der Waals surface area contributed by atoms with E-state index in [0.29, 0.717) is 12.2 Å². The minimum atomic E-state index is -0.540. The summed E-state index contributed by atoms with van der Waals surface area (Å²) in [4.78, 5) is 26.0. The van der Waals surface area contributed by atoms with E-state index in [1.54, 1.807) is 41.9 Å². The SMILES string of the molecule is CNC(=O)C1CN(C(=O)c2cc(C)no2)Cc2ccnn21. The summed E-state index contributed by atoms with van der Waals surface area (Å²) >= 11 is 0. The van der Waals surface area contributed by atoms with Crippen LogP contribution in [0.4, 0.5) is 0 Å². The first-order chi connectivity index (χ1) is 10.1. The molecule has 0 bridgehead atoms. The molecule has 2 aromatic heterocycles. The van der Waals surface area contributed by atoms with E-state index in [-0.39, 0.29) is 24.1 Å². The van der Waals surface area contributed by atoms with Crippen LogP contribution in [0.1, 0.15) is 28.0 Å². The zero-order valence-corrected chi connectivity index (χ0v) is 11.7. The lowest BCUT2D eigenvalue weighted by atomic mass is 10.1. The summed E-state index contributed by atoms with van der Waals surface area (Å²) in [6, 6.07) is 2.84. The van der Waals surface area contributed by atoms with Crippen LogP contribution in [0.3, 0.4) is 0 Å². The molecule has 2 aromatic rings. The molecule has 1 N–H and O–H groups in total. The molecular weight excluding hydrogens is 274 g/mol. The Kier molecular flexibility index (Phi) is 3.20. The monoisotopic (exact) mass is 289 g/mol. The Balaban J connectivity index is 1.89. The van der Waals surface area contributed by atoms with Crippen molar-refractivity contribution in [1.29, 1.82) is 0 Å². The molecule has 1 aliphatic rings. The number of nitrogens with one attached hydrogen (secondary N) is 1. The average Bonchev–Trinajstić information content (AvgIpc) is 3.12. The molecule has 110 valence electrons. The van der Waals surface area contributed by atoms with E-state index in [9.17, 15) is 9.59 Å². The van der Waals surface area contributed by atoms with Gasteiger partial charge in [-0.15, -0.1) is 0 Å². The van der Waals surface area contributed by atoms with Crippen molar-refractivity contribution >= 4 is 11.8 Å². The maximum absolute atomic E-state index is 12.4. The van der Waals surface area contributed by atoms with E-state index in [2.05, 4.69) is 15.6 Å². The van der Waals surface area contributed by atoms with Crippen LogP contribution in [0.15, 0.2) is 22.9 Å². The lowest BCUT2D eigenvalue weighted by Gasteiger charge is -2.32. The molecule has 0 radical (unpaired) electrons. The Bertz CT molecular complexity index is 690. The minimum Gasteiger partial charge on any atom is -0.357 e.